The zero-order valence-electron chi connectivity index (χ0n) is 30.4. The summed E-state index contributed by atoms with van der Waals surface area (Å²) in [7, 11) is 1.40. The number of benzene rings is 2. The van der Waals surface area contributed by atoms with Gasteiger partial charge in [0.05, 0.1) is 12.1 Å². The third kappa shape index (κ3) is 13.6. The molecular formula is C37H52F3N5O7. The van der Waals surface area contributed by atoms with Gasteiger partial charge >= 0.3 is 12.5 Å². The fourth-order valence-corrected chi connectivity index (χ4v) is 6.18. The number of likely N-dealkylation sites (tertiary alicyclic amines) is 1. The van der Waals surface area contributed by atoms with Crippen LogP contribution in [0.1, 0.15) is 58.1 Å². The van der Waals surface area contributed by atoms with Gasteiger partial charge in [-0.2, -0.15) is 0 Å². The Morgan fingerprint density at radius 2 is 1.52 bits per heavy atom. The van der Waals surface area contributed by atoms with Crippen LogP contribution in [0.2, 0.25) is 0 Å². The molecule has 0 unspecified atom stereocenters. The number of piperidine rings is 1. The number of carbonyl (C=O) groups excluding carboxylic acids is 4. The topological polar surface area (TPSA) is 158 Å². The summed E-state index contributed by atoms with van der Waals surface area (Å²) in [4.78, 5) is 54.4. The van der Waals surface area contributed by atoms with E-state index in [9.17, 15) is 37.5 Å². The molecule has 0 spiro atoms. The Kier molecular flexibility index (Phi) is 16.2. The van der Waals surface area contributed by atoms with E-state index in [1.54, 1.807) is 29.2 Å². The molecule has 3 rings (SSSR count). The Bertz CT molecular complexity index is 1440. The number of hydrogen-bond acceptors (Lipinski definition) is 8. The molecule has 2 aromatic carbocycles. The molecule has 2 aromatic rings. The van der Waals surface area contributed by atoms with Crippen LogP contribution >= 0.6 is 0 Å². The van der Waals surface area contributed by atoms with Crippen molar-refractivity contribution in [3.05, 3.63) is 65.7 Å². The van der Waals surface area contributed by atoms with Crippen molar-refractivity contribution in [2.75, 3.05) is 26.7 Å². The highest BCUT2D eigenvalue weighted by Gasteiger charge is 2.35. The number of rotatable bonds is 17. The number of ether oxygens (including phenoxy) is 2. The largest absolute Gasteiger partial charge is 0.573 e. The maximum atomic E-state index is 14.1. The molecule has 1 aliphatic rings. The first kappa shape index (κ1) is 42.0. The minimum atomic E-state index is -4.88. The van der Waals surface area contributed by atoms with Crippen LogP contribution < -0.4 is 26.0 Å². The lowest BCUT2D eigenvalue weighted by atomic mass is 9.88. The lowest BCUT2D eigenvalue weighted by molar-refractivity contribution is -0.274. The van der Waals surface area contributed by atoms with Gasteiger partial charge in [-0.3, -0.25) is 14.4 Å². The Hall–Kier alpha value is -4.37. The molecule has 5 atom stereocenters. The Morgan fingerprint density at radius 3 is 2.08 bits per heavy atom. The number of alkyl carbamates (subject to hydrolysis) is 1. The summed E-state index contributed by atoms with van der Waals surface area (Å²) in [5.41, 5.74) is 1.24. The van der Waals surface area contributed by atoms with Gasteiger partial charge in [0.2, 0.25) is 11.8 Å². The van der Waals surface area contributed by atoms with Gasteiger partial charge in [-0.15, -0.1) is 13.2 Å². The number of alkyl halides is 3. The fraction of sp³-hybridized carbons (Fsp3) is 0.568. The van der Waals surface area contributed by atoms with Crippen LogP contribution in [0.4, 0.5) is 18.0 Å². The number of nitrogens with zero attached hydrogens (tertiary/aromatic N) is 1. The Labute approximate surface area is 303 Å². The third-order valence-electron chi connectivity index (χ3n) is 9.03. The first-order valence-corrected chi connectivity index (χ1v) is 17.7. The third-order valence-corrected chi connectivity index (χ3v) is 9.03. The monoisotopic (exact) mass is 735 g/mol. The molecule has 1 fully saturated rings. The second kappa shape index (κ2) is 20.0. The zero-order valence-corrected chi connectivity index (χ0v) is 30.4. The molecule has 5 N–H and O–H groups in total. The van der Waals surface area contributed by atoms with Crippen molar-refractivity contribution in [3.63, 3.8) is 0 Å². The van der Waals surface area contributed by atoms with Gasteiger partial charge in [-0.1, -0.05) is 63.2 Å². The van der Waals surface area contributed by atoms with Crippen LogP contribution in [0, 0.1) is 11.8 Å². The van der Waals surface area contributed by atoms with Gasteiger partial charge in [0.25, 0.3) is 5.91 Å². The number of carbonyl (C=O) groups is 4. The Balaban J connectivity index is 1.87. The number of aliphatic hydroxyl groups is 1. The van der Waals surface area contributed by atoms with Crippen molar-refractivity contribution >= 4 is 23.8 Å². The second-order valence-corrected chi connectivity index (χ2v) is 13.4. The van der Waals surface area contributed by atoms with Crippen LogP contribution in [-0.2, 0) is 32.0 Å². The molecule has 0 radical (unpaired) electrons. The van der Waals surface area contributed by atoms with Crippen LogP contribution in [-0.4, -0.2) is 97.2 Å². The molecule has 4 amide bonds. The second-order valence-electron chi connectivity index (χ2n) is 13.4. The molecule has 15 heteroatoms. The van der Waals surface area contributed by atoms with Gasteiger partial charge in [0, 0.05) is 32.1 Å². The van der Waals surface area contributed by atoms with E-state index >= 15 is 0 Å². The highest BCUT2D eigenvalue weighted by Crippen LogP contribution is 2.25. The molecule has 1 saturated heterocycles. The summed E-state index contributed by atoms with van der Waals surface area (Å²) < 4.78 is 47.6. The van der Waals surface area contributed by atoms with Crippen LogP contribution in [0.15, 0.2) is 54.6 Å². The van der Waals surface area contributed by atoms with Gasteiger partial charge in [0.1, 0.15) is 11.8 Å². The van der Waals surface area contributed by atoms with E-state index in [2.05, 4.69) is 26.0 Å². The average molecular weight is 736 g/mol. The van der Waals surface area contributed by atoms with E-state index in [-0.39, 0.29) is 31.1 Å². The SMILES string of the molecule is CCNC1CCN(C(=O)[C@@H](NC(=O)[C@H](Cc2ccc(OC(F)(F)F)cc2)C[C@H](O)[C@H](Cc2ccccc2)NC(=O)O[C@@H](C)C(=O)NC)C(C)C)CC1. The minimum Gasteiger partial charge on any atom is -0.436 e. The van der Waals surface area contributed by atoms with E-state index in [0.29, 0.717) is 24.7 Å². The van der Waals surface area contributed by atoms with Crippen molar-refractivity contribution in [3.8, 4) is 5.75 Å². The fourth-order valence-electron chi connectivity index (χ4n) is 6.18. The minimum absolute atomic E-state index is 0.0154. The van der Waals surface area contributed by atoms with Crippen LogP contribution in [0.5, 0.6) is 5.75 Å². The first-order valence-electron chi connectivity index (χ1n) is 17.7. The summed E-state index contributed by atoms with van der Waals surface area (Å²) in [5, 5.41) is 23.0. The molecule has 0 bridgehead atoms. The zero-order chi connectivity index (χ0) is 38.4. The predicted octanol–water partition coefficient (Wildman–Crippen LogP) is 3.71. The molecule has 0 aromatic heterocycles. The van der Waals surface area contributed by atoms with Gasteiger partial charge in [-0.25, -0.2) is 4.79 Å². The van der Waals surface area contributed by atoms with E-state index in [0.717, 1.165) is 37.1 Å². The van der Waals surface area contributed by atoms with E-state index < -0.39 is 60.2 Å². The van der Waals surface area contributed by atoms with Crippen molar-refractivity contribution in [1.82, 2.24) is 26.2 Å². The average Bonchev–Trinajstić information content (AvgIpc) is 3.10. The lowest BCUT2D eigenvalue weighted by Crippen LogP contribution is -2.55. The van der Waals surface area contributed by atoms with Crippen molar-refractivity contribution in [2.45, 2.75) is 96.5 Å². The summed E-state index contributed by atoms with van der Waals surface area (Å²) in [5.74, 6) is -3.00. The molecule has 0 saturated carbocycles. The van der Waals surface area contributed by atoms with Crippen molar-refractivity contribution in [1.29, 1.82) is 0 Å². The smallest absolute Gasteiger partial charge is 0.436 e. The standard InChI is InChI=1S/C37H52F3N5O7/c1-6-42-28-16-18-45(19-17-28)35(49)32(23(2)3)44-34(48)27(20-26-12-14-29(15-13-26)52-37(38,39)40)22-31(46)30(21-25-10-8-7-9-11-25)43-36(50)51-24(4)33(47)41-5/h7-15,23-24,27-28,30-32,42,46H,6,16-22H2,1-5H3,(H,41,47)(H,43,50)(H,44,48)/t24-,27+,30-,31-,32-/m0/s1. The number of nitrogens with one attached hydrogen (secondary N) is 4. The van der Waals surface area contributed by atoms with Crippen molar-refractivity contribution in [2.24, 2.45) is 11.8 Å². The van der Waals surface area contributed by atoms with Gasteiger partial charge in [0.15, 0.2) is 6.10 Å². The number of halogens is 3. The summed E-state index contributed by atoms with van der Waals surface area (Å²) >= 11 is 0. The molecule has 1 aliphatic heterocycles. The number of hydrogen-bond donors (Lipinski definition) is 5. The highest BCUT2D eigenvalue weighted by atomic mass is 19.4. The lowest BCUT2D eigenvalue weighted by Gasteiger charge is -2.36. The summed E-state index contributed by atoms with van der Waals surface area (Å²) in [6.07, 6.45) is -6.83. The van der Waals surface area contributed by atoms with Crippen LogP contribution in [0.3, 0.4) is 0 Å². The van der Waals surface area contributed by atoms with Gasteiger partial charge < -0.3 is 40.7 Å². The number of likely N-dealkylation sites (N-methyl/N-ethyl adjacent to an activating group) is 1. The normalized spacial score (nSPS) is 16.6. The molecule has 0 aliphatic carbocycles. The summed E-state index contributed by atoms with van der Waals surface area (Å²) in [6.45, 7) is 8.96. The van der Waals surface area contributed by atoms with Gasteiger partial charge in [-0.05, 0) is 74.8 Å². The molecule has 1 heterocycles. The van der Waals surface area contributed by atoms with E-state index in [1.807, 2.05) is 26.8 Å². The van der Waals surface area contributed by atoms with E-state index in [4.69, 9.17) is 4.74 Å². The maximum Gasteiger partial charge on any atom is 0.573 e. The first-order chi connectivity index (χ1) is 24.6. The Morgan fingerprint density at radius 1 is 0.904 bits per heavy atom. The highest BCUT2D eigenvalue weighted by molar-refractivity contribution is 5.89. The van der Waals surface area contributed by atoms with E-state index in [1.165, 1.54) is 26.1 Å². The molecule has 52 heavy (non-hydrogen) atoms. The molecule has 288 valence electrons. The molecular weight excluding hydrogens is 683 g/mol. The maximum absolute atomic E-state index is 14.1. The number of amides is 4. The summed E-state index contributed by atoms with van der Waals surface area (Å²) in [6, 6.07) is 12.5. The predicted molar refractivity (Wildman–Crippen MR) is 188 cm³/mol. The number of aliphatic hydroxyl groups excluding tert-OH is 1. The van der Waals surface area contributed by atoms with Crippen LogP contribution in [0.25, 0.3) is 0 Å². The van der Waals surface area contributed by atoms with Crippen molar-refractivity contribution < 1.29 is 46.9 Å². The quantitative estimate of drug-likeness (QED) is 0.165. The molecule has 12 nitrogen and oxygen atoms in total.